The molecule has 2 rings (SSSR count). The zero-order valence-electron chi connectivity index (χ0n) is 13.4. The molecule has 24 heavy (non-hydrogen) atoms. The Hall–Kier alpha value is -2.15. The highest BCUT2D eigenvalue weighted by atomic mass is 32.2. The van der Waals surface area contributed by atoms with Crippen molar-refractivity contribution in [1.82, 2.24) is 10.3 Å². The van der Waals surface area contributed by atoms with Crippen LogP contribution in [0.4, 0.5) is 8.78 Å². The molecule has 0 radical (unpaired) electrons. The predicted molar refractivity (Wildman–Crippen MR) is 89.8 cm³/mol. The fourth-order valence-electron chi connectivity index (χ4n) is 2.12. The molecule has 0 saturated carbocycles. The molecule has 1 N–H and O–H groups in total. The molecule has 2 aromatic rings. The summed E-state index contributed by atoms with van der Waals surface area (Å²) < 4.78 is 30.6. The molecule has 0 unspecified atom stereocenters. The first-order valence-electron chi connectivity index (χ1n) is 7.35. The topological polar surface area (TPSA) is 51.2 Å². The van der Waals surface area contributed by atoms with Crippen LogP contribution in [0, 0.1) is 13.8 Å². The number of aromatic nitrogens is 1. The number of aryl methyl sites for hydroxylation is 2. The Kier molecular flexibility index (Phi) is 6.54. The molecule has 1 heterocycles. The Morgan fingerprint density at radius 2 is 2.12 bits per heavy atom. The summed E-state index contributed by atoms with van der Waals surface area (Å²) in [6.07, 6.45) is 1.38. The van der Waals surface area contributed by atoms with Gasteiger partial charge in [0.05, 0.1) is 12.1 Å². The molecule has 128 valence electrons. The first kappa shape index (κ1) is 18.2. The van der Waals surface area contributed by atoms with Crippen LogP contribution < -0.4 is 10.1 Å². The van der Waals surface area contributed by atoms with Crippen LogP contribution in [0.15, 0.2) is 41.6 Å². The van der Waals surface area contributed by atoms with Gasteiger partial charge in [-0.3, -0.25) is 4.79 Å². The van der Waals surface area contributed by atoms with Crippen molar-refractivity contribution in [3.8, 4) is 5.75 Å². The summed E-state index contributed by atoms with van der Waals surface area (Å²) in [6, 6.07) is 8.85. The standard InChI is InChI=1S/C17H18F2N2O2S/c1-11-5-6-14(12(2)10-11)23-9-8-20-15(22)13-4-3-7-21-16(13)24-17(18)19/h3-7,10,17H,8-9H2,1-2H3,(H,20,22). The van der Waals surface area contributed by atoms with Crippen molar-refractivity contribution < 1.29 is 18.3 Å². The number of carbonyl (C=O) groups excluding carboxylic acids is 1. The third-order valence-electron chi connectivity index (χ3n) is 3.19. The Labute approximate surface area is 143 Å². The van der Waals surface area contributed by atoms with Crippen LogP contribution in [-0.2, 0) is 0 Å². The van der Waals surface area contributed by atoms with Crippen molar-refractivity contribution in [1.29, 1.82) is 0 Å². The number of nitrogens with zero attached hydrogens (tertiary/aromatic N) is 1. The third-order valence-corrected chi connectivity index (χ3v) is 3.92. The van der Waals surface area contributed by atoms with Gasteiger partial charge < -0.3 is 10.1 Å². The lowest BCUT2D eigenvalue weighted by Crippen LogP contribution is -2.28. The Balaban J connectivity index is 1.87. The van der Waals surface area contributed by atoms with Gasteiger partial charge in [0.1, 0.15) is 17.4 Å². The van der Waals surface area contributed by atoms with Crippen molar-refractivity contribution in [3.05, 3.63) is 53.2 Å². The lowest BCUT2D eigenvalue weighted by molar-refractivity contribution is 0.0943. The molecule has 0 aliphatic heterocycles. The Morgan fingerprint density at radius 1 is 1.33 bits per heavy atom. The molecular weight excluding hydrogens is 334 g/mol. The van der Waals surface area contributed by atoms with E-state index in [1.165, 1.54) is 18.3 Å². The minimum atomic E-state index is -2.63. The van der Waals surface area contributed by atoms with E-state index in [0.717, 1.165) is 16.9 Å². The minimum Gasteiger partial charge on any atom is -0.491 e. The highest BCUT2D eigenvalue weighted by Crippen LogP contribution is 2.26. The summed E-state index contributed by atoms with van der Waals surface area (Å²) in [5, 5.41) is 2.67. The molecule has 7 heteroatoms. The van der Waals surface area contributed by atoms with E-state index in [0.29, 0.717) is 0 Å². The van der Waals surface area contributed by atoms with Crippen LogP contribution in [0.2, 0.25) is 0 Å². The first-order valence-corrected chi connectivity index (χ1v) is 8.23. The molecule has 0 atom stereocenters. The van der Waals surface area contributed by atoms with E-state index in [2.05, 4.69) is 10.3 Å². The smallest absolute Gasteiger partial charge is 0.290 e. The molecule has 0 fully saturated rings. The maximum Gasteiger partial charge on any atom is 0.290 e. The largest absolute Gasteiger partial charge is 0.491 e. The summed E-state index contributed by atoms with van der Waals surface area (Å²) >= 11 is 0.256. The van der Waals surface area contributed by atoms with Crippen molar-refractivity contribution in [2.45, 2.75) is 24.6 Å². The summed E-state index contributed by atoms with van der Waals surface area (Å²) in [7, 11) is 0. The average Bonchev–Trinajstić information content (AvgIpc) is 2.53. The SMILES string of the molecule is Cc1ccc(OCCNC(=O)c2cccnc2SC(F)F)c(C)c1. The molecule has 4 nitrogen and oxygen atoms in total. The van der Waals surface area contributed by atoms with E-state index >= 15 is 0 Å². The van der Waals surface area contributed by atoms with Crippen molar-refractivity contribution >= 4 is 17.7 Å². The number of benzene rings is 1. The summed E-state index contributed by atoms with van der Waals surface area (Å²) in [4.78, 5) is 15.9. The molecule has 1 amide bonds. The Bertz CT molecular complexity index is 711. The van der Waals surface area contributed by atoms with Crippen LogP contribution in [0.3, 0.4) is 0 Å². The maximum absolute atomic E-state index is 12.5. The zero-order chi connectivity index (χ0) is 17.5. The van der Waals surface area contributed by atoms with Crippen LogP contribution in [0.25, 0.3) is 0 Å². The average molecular weight is 352 g/mol. The zero-order valence-corrected chi connectivity index (χ0v) is 14.2. The van der Waals surface area contributed by atoms with Gasteiger partial charge in [0.2, 0.25) is 0 Å². The number of carbonyl (C=O) groups is 1. The van der Waals surface area contributed by atoms with Gasteiger partial charge in [-0.2, -0.15) is 8.78 Å². The number of ether oxygens (including phenoxy) is 1. The number of rotatable bonds is 7. The van der Waals surface area contributed by atoms with Crippen molar-refractivity contribution in [3.63, 3.8) is 0 Å². The van der Waals surface area contributed by atoms with Crippen LogP contribution in [0.5, 0.6) is 5.75 Å². The lowest BCUT2D eigenvalue weighted by atomic mass is 10.1. The highest BCUT2D eigenvalue weighted by Gasteiger charge is 2.16. The van der Waals surface area contributed by atoms with Gasteiger partial charge in [0.15, 0.2) is 0 Å². The quantitative estimate of drug-likeness (QED) is 0.608. The molecule has 0 bridgehead atoms. The number of thioether (sulfide) groups is 1. The first-order chi connectivity index (χ1) is 11.5. The van der Waals surface area contributed by atoms with Gasteiger partial charge >= 0.3 is 0 Å². The second-order valence-electron chi connectivity index (χ2n) is 5.11. The van der Waals surface area contributed by atoms with Gasteiger partial charge in [0, 0.05) is 6.20 Å². The van der Waals surface area contributed by atoms with E-state index in [9.17, 15) is 13.6 Å². The molecule has 0 aliphatic rings. The van der Waals surface area contributed by atoms with E-state index in [4.69, 9.17) is 4.74 Å². The second-order valence-corrected chi connectivity index (χ2v) is 6.09. The van der Waals surface area contributed by atoms with E-state index in [1.54, 1.807) is 0 Å². The number of nitrogens with one attached hydrogen (secondary N) is 1. The fourth-order valence-corrected chi connectivity index (χ4v) is 2.70. The van der Waals surface area contributed by atoms with Gasteiger partial charge in [-0.25, -0.2) is 4.98 Å². The van der Waals surface area contributed by atoms with Crippen LogP contribution in [-0.4, -0.2) is 29.8 Å². The van der Waals surface area contributed by atoms with Gasteiger partial charge in [-0.15, -0.1) is 0 Å². The summed E-state index contributed by atoms with van der Waals surface area (Å²) in [5.74, 6) is -2.32. The number of alkyl halides is 2. The number of hydrogen-bond acceptors (Lipinski definition) is 4. The normalized spacial score (nSPS) is 10.7. The summed E-state index contributed by atoms with van der Waals surface area (Å²) in [5.41, 5.74) is 2.30. The minimum absolute atomic E-state index is 0.0142. The van der Waals surface area contributed by atoms with Crippen LogP contribution in [0.1, 0.15) is 21.5 Å². The van der Waals surface area contributed by atoms with Crippen molar-refractivity contribution in [2.75, 3.05) is 13.2 Å². The lowest BCUT2D eigenvalue weighted by Gasteiger charge is -2.11. The maximum atomic E-state index is 12.5. The van der Waals surface area contributed by atoms with E-state index in [1.807, 2.05) is 32.0 Å². The van der Waals surface area contributed by atoms with Gasteiger partial charge in [-0.1, -0.05) is 17.7 Å². The van der Waals surface area contributed by atoms with Gasteiger partial charge in [-0.05, 0) is 49.4 Å². The molecule has 1 aromatic heterocycles. The highest BCUT2D eigenvalue weighted by molar-refractivity contribution is 7.99. The molecule has 1 aromatic carbocycles. The fraction of sp³-hybridized carbons (Fsp3) is 0.294. The molecule has 0 saturated heterocycles. The van der Waals surface area contributed by atoms with Crippen molar-refractivity contribution in [2.24, 2.45) is 0 Å². The number of hydrogen-bond donors (Lipinski definition) is 1. The number of pyridine rings is 1. The van der Waals surface area contributed by atoms with E-state index < -0.39 is 11.7 Å². The Morgan fingerprint density at radius 3 is 2.83 bits per heavy atom. The monoisotopic (exact) mass is 352 g/mol. The third kappa shape index (κ3) is 5.19. The molecule has 0 spiro atoms. The second kappa shape index (κ2) is 8.63. The molecule has 0 aliphatic carbocycles. The van der Waals surface area contributed by atoms with E-state index in [-0.39, 0.29) is 35.5 Å². The number of halogens is 2. The van der Waals surface area contributed by atoms with Gasteiger partial charge in [0.25, 0.3) is 11.7 Å². The predicted octanol–water partition coefficient (Wildman–Crippen LogP) is 3.82. The molecular formula is C17H18F2N2O2S. The number of amides is 1. The summed E-state index contributed by atoms with van der Waals surface area (Å²) in [6.45, 7) is 4.50. The van der Waals surface area contributed by atoms with Crippen LogP contribution >= 0.6 is 11.8 Å².